The third-order valence-corrected chi connectivity index (χ3v) is 3.05. The molecule has 3 heteroatoms. The Balaban J connectivity index is 2.03. The third kappa shape index (κ3) is 3.54. The molecule has 102 valence electrons. The SMILES string of the molecule is C=CCC(=C)CCC(=O)Nc1cccc2cccnc12. The lowest BCUT2D eigenvalue weighted by atomic mass is 10.1. The van der Waals surface area contributed by atoms with Gasteiger partial charge in [-0.15, -0.1) is 6.58 Å². The molecular weight excluding hydrogens is 248 g/mol. The lowest BCUT2D eigenvalue weighted by Crippen LogP contribution is -2.11. The molecule has 1 heterocycles. The summed E-state index contributed by atoms with van der Waals surface area (Å²) in [6.07, 6.45) is 5.38. The molecule has 3 nitrogen and oxygen atoms in total. The van der Waals surface area contributed by atoms with Crippen molar-refractivity contribution in [2.45, 2.75) is 19.3 Å². The van der Waals surface area contributed by atoms with Crippen molar-refractivity contribution in [3.8, 4) is 0 Å². The molecule has 0 aliphatic heterocycles. The van der Waals surface area contributed by atoms with Crippen LogP contribution in [0.1, 0.15) is 19.3 Å². The van der Waals surface area contributed by atoms with E-state index in [-0.39, 0.29) is 5.91 Å². The van der Waals surface area contributed by atoms with Crippen LogP contribution in [-0.2, 0) is 4.79 Å². The van der Waals surface area contributed by atoms with Gasteiger partial charge in [0.1, 0.15) is 0 Å². The van der Waals surface area contributed by atoms with Crippen LogP contribution in [0.2, 0.25) is 0 Å². The summed E-state index contributed by atoms with van der Waals surface area (Å²) in [4.78, 5) is 16.3. The second kappa shape index (κ2) is 6.66. The molecule has 0 bridgehead atoms. The second-order valence-electron chi connectivity index (χ2n) is 4.67. The molecule has 0 saturated carbocycles. The quantitative estimate of drug-likeness (QED) is 0.800. The first-order valence-electron chi connectivity index (χ1n) is 6.62. The molecule has 2 rings (SSSR count). The number of para-hydroxylation sites is 1. The molecule has 1 N–H and O–H groups in total. The highest BCUT2D eigenvalue weighted by molar-refractivity contribution is 6.00. The predicted molar refractivity (Wildman–Crippen MR) is 83.6 cm³/mol. The minimum Gasteiger partial charge on any atom is -0.324 e. The highest BCUT2D eigenvalue weighted by atomic mass is 16.1. The monoisotopic (exact) mass is 266 g/mol. The zero-order valence-corrected chi connectivity index (χ0v) is 11.4. The largest absolute Gasteiger partial charge is 0.324 e. The van der Waals surface area contributed by atoms with Gasteiger partial charge in [-0.2, -0.15) is 0 Å². The number of anilines is 1. The van der Waals surface area contributed by atoms with E-state index in [0.29, 0.717) is 12.8 Å². The van der Waals surface area contributed by atoms with E-state index in [9.17, 15) is 4.79 Å². The van der Waals surface area contributed by atoms with Crippen molar-refractivity contribution in [3.63, 3.8) is 0 Å². The summed E-state index contributed by atoms with van der Waals surface area (Å²) < 4.78 is 0. The van der Waals surface area contributed by atoms with Crippen molar-refractivity contribution in [1.82, 2.24) is 4.98 Å². The van der Waals surface area contributed by atoms with E-state index in [4.69, 9.17) is 0 Å². The molecule has 0 unspecified atom stereocenters. The Labute approximate surface area is 119 Å². The molecule has 0 aliphatic carbocycles. The van der Waals surface area contributed by atoms with Crippen molar-refractivity contribution in [2.75, 3.05) is 5.32 Å². The molecule has 0 fully saturated rings. The molecule has 0 saturated heterocycles. The van der Waals surface area contributed by atoms with Crippen LogP contribution >= 0.6 is 0 Å². The number of carbonyl (C=O) groups is 1. The number of nitrogens with zero attached hydrogens (tertiary/aromatic N) is 1. The van der Waals surface area contributed by atoms with Gasteiger partial charge >= 0.3 is 0 Å². The highest BCUT2D eigenvalue weighted by Crippen LogP contribution is 2.21. The van der Waals surface area contributed by atoms with Gasteiger partial charge in [-0.3, -0.25) is 9.78 Å². The summed E-state index contributed by atoms with van der Waals surface area (Å²) in [6.45, 7) is 7.57. The fraction of sp³-hybridized carbons (Fsp3) is 0.176. The molecule has 0 radical (unpaired) electrons. The number of allylic oxidation sites excluding steroid dienone is 2. The van der Waals surface area contributed by atoms with Crippen LogP contribution in [-0.4, -0.2) is 10.9 Å². The molecule has 0 aliphatic rings. The molecule has 1 aromatic heterocycles. The fourth-order valence-corrected chi connectivity index (χ4v) is 2.01. The van der Waals surface area contributed by atoms with Crippen molar-refractivity contribution in [3.05, 3.63) is 61.3 Å². The maximum absolute atomic E-state index is 12.0. The summed E-state index contributed by atoms with van der Waals surface area (Å²) in [6, 6.07) is 9.61. The number of aromatic nitrogens is 1. The molecular formula is C17H18N2O. The topological polar surface area (TPSA) is 42.0 Å². The molecule has 2 aromatic rings. The number of nitrogens with one attached hydrogen (secondary N) is 1. The number of rotatable bonds is 6. The molecule has 1 amide bonds. The highest BCUT2D eigenvalue weighted by Gasteiger charge is 2.06. The van der Waals surface area contributed by atoms with E-state index < -0.39 is 0 Å². The number of fused-ring (bicyclic) bond motifs is 1. The smallest absolute Gasteiger partial charge is 0.224 e. The lowest BCUT2D eigenvalue weighted by molar-refractivity contribution is -0.116. The Kier molecular flexibility index (Phi) is 4.66. The summed E-state index contributed by atoms with van der Waals surface area (Å²) in [5, 5.41) is 3.93. The first kappa shape index (κ1) is 14.0. The Hall–Kier alpha value is -2.42. The zero-order chi connectivity index (χ0) is 14.4. The molecule has 1 aromatic carbocycles. The van der Waals surface area contributed by atoms with Crippen LogP contribution < -0.4 is 5.32 Å². The van der Waals surface area contributed by atoms with Crippen molar-refractivity contribution >= 4 is 22.5 Å². The maximum Gasteiger partial charge on any atom is 0.224 e. The Morgan fingerprint density at radius 3 is 2.85 bits per heavy atom. The summed E-state index contributed by atoms with van der Waals surface area (Å²) in [5.41, 5.74) is 2.59. The standard InChI is InChI=1S/C17H18N2O/c1-3-6-13(2)10-11-16(20)19-15-9-4-7-14-8-5-12-18-17(14)15/h3-5,7-9,12H,1-2,6,10-11H2,(H,19,20). The van der Waals surface area contributed by atoms with Gasteiger partial charge in [0.05, 0.1) is 11.2 Å². The van der Waals surface area contributed by atoms with Crippen molar-refractivity contribution in [1.29, 1.82) is 0 Å². The Morgan fingerprint density at radius 1 is 1.25 bits per heavy atom. The third-order valence-electron chi connectivity index (χ3n) is 3.05. The Morgan fingerprint density at radius 2 is 2.05 bits per heavy atom. The number of hydrogen-bond donors (Lipinski definition) is 1. The average molecular weight is 266 g/mol. The van der Waals surface area contributed by atoms with Crippen molar-refractivity contribution in [2.24, 2.45) is 0 Å². The van der Waals surface area contributed by atoms with Gasteiger partial charge in [-0.05, 0) is 25.0 Å². The lowest BCUT2D eigenvalue weighted by Gasteiger charge is -2.08. The van der Waals surface area contributed by atoms with Crippen LogP contribution in [0.15, 0.2) is 61.3 Å². The van der Waals surface area contributed by atoms with E-state index in [1.807, 2.05) is 30.3 Å². The van der Waals surface area contributed by atoms with E-state index in [1.165, 1.54) is 0 Å². The summed E-state index contributed by atoms with van der Waals surface area (Å²) in [5.74, 6) is -0.0200. The van der Waals surface area contributed by atoms with E-state index in [1.54, 1.807) is 12.3 Å². The van der Waals surface area contributed by atoms with Crippen LogP contribution in [0.4, 0.5) is 5.69 Å². The van der Waals surface area contributed by atoms with Crippen LogP contribution in [0.5, 0.6) is 0 Å². The Bertz CT molecular complexity index is 641. The minimum atomic E-state index is -0.0200. The first-order chi connectivity index (χ1) is 9.70. The van der Waals surface area contributed by atoms with E-state index in [0.717, 1.165) is 28.6 Å². The van der Waals surface area contributed by atoms with Crippen LogP contribution in [0.25, 0.3) is 10.9 Å². The fourth-order valence-electron chi connectivity index (χ4n) is 2.01. The van der Waals surface area contributed by atoms with E-state index in [2.05, 4.69) is 23.5 Å². The number of pyridine rings is 1. The number of carbonyl (C=O) groups excluding carboxylic acids is 1. The van der Waals surface area contributed by atoms with Gasteiger partial charge in [-0.25, -0.2) is 0 Å². The van der Waals surface area contributed by atoms with Gasteiger partial charge in [-0.1, -0.05) is 36.4 Å². The number of benzene rings is 1. The average Bonchev–Trinajstić information content (AvgIpc) is 2.46. The van der Waals surface area contributed by atoms with Crippen molar-refractivity contribution < 1.29 is 4.79 Å². The van der Waals surface area contributed by atoms with Gasteiger partial charge in [0, 0.05) is 18.0 Å². The number of amides is 1. The van der Waals surface area contributed by atoms with Crippen LogP contribution in [0.3, 0.4) is 0 Å². The molecule has 0 atom stereocenters. The van der Waals surface area contributed by atoms with Gasteiger partial charge in [0.2, 0.25) is 5.91 Å². The normalized spacial score (nSPS) is 10.2. The second-order valence-corrected chi connectivity index (χ2v) is 4.67. The van der Waals surface area contributed by atoms with Gasteiger partial charge < -0.3 is 5.32 Å². The number of hydrogen-bond acceptors (Lipinski definition) is 2. The minimum absolute atomic E-state index is 0.0200. The van der Waals surface area contributed by atoms with Crippen LogP contribution in [0, 0.1) is 0 Å². The molecule has 20 heavy (non-hydrogen) atoms. The summed E-state index contributed by atoms with van der Waals surface area (Å²) in [7, 11) is 0. The van der Waals surface area contributed by atoms with E-state index >= 15 is 0 Å². The van der Waals surface area contributed by atoms with Gasteiger partial charge in [0.15, 0.2) is 0 Å². The zero-order valence-electron chi connectivity index (χ0n) is 11.4. The first-order valence-corrected chi connectivity index (χ1v) is 6.62. The maximum atomic E-state index is 12.0. The molecule has 0 spiro atoms. The van der Waals surface area contributed by atoms with Gasteiger partial charge in [0.25, 0.3) is 0 Å². The summed E-state index contributed by atoms with van der Waals surface area (Å²) >= 11 is 0. The predicted octanol–water partition coefficient (Wildman–Crippen LogP) is 4.09.